The Balaban J connectivity index is 2.01. The van der Waals surface area contributed by atoms with E-state index in [4.69, 9.17) is 10.3 Å². The van der Waals surface area contributed by atoms with Crippen LogP contribution in [0.1, 0.15) is 30.5 Å². The monoisotopic (exact) mass is 210 g/mol. The minimum Gasteiger partial charge on any atom is -0.339 e. The molecule has 0 aliphatic carbocycles. The van der Waals surface area contributed by atoms with Gasteiger partial charge in [0, 0.05) is 13.0 Å². The summed E-state index contributed by atoms with van der Waals surface area (Å²) in [6.45, 7) is 2.76. The highest BCUT2D eigenvalue weighted by Crippen LogP contribution is 2.24. The molecule has 0 aromatic carbocycles. The van der Waals surface area contributed by atoms with E-state index >= 15 is 0 Å². The minimum absolute atomic E-state index is 0.405. The molecule has 5 heteroatoms. The van der Waals surface area contributed by atoms with Gasteiger partial charge in [-0.1, -0.05) is 5.16 Å². The van der Waals surface area contributed by atoms with Crippen molar-refractivity contribution in [3.05, 3.63) is 11.7 Å². The molecule has 0 saturated carbocycles. The Morgan fingerprint density at radius 1 is 1.60 bits per heavy atom. The van der Waals surface area contributed by atoms with Crippen LogP contribution < -0.4 is 5.73 Å². The molecule has 1 saturated heterocycles. The molecule has 1 aliphatic rings. The van der Waals surface area contributed by atoms with Gasteiger partial charge in [-0.05, 0) is 33.0 Å². The number of aromatic nitrogens is 2. The molecular weight excluding hydrogens is 192 g/mol. The van der Waals surface area contributed by atoms with E-state index < -0.39 is 0 Å². The number of likely N-dealkylation sites (N-methyl/N-ethyl adjacent to an activating group) is 1. The van der Waals surface area contributed by atoms with E-state index in [-0.39, 0.29) is 0 Å². The Labute approximate surface area is 89.6 Å². The zero-order valence-electron chi connectivity index (χ0n) is 9.15. The second kappa shape index (κ2) is 4.72. The van der Waals surface area contributed by atoms with E-state index in [0.29, 0.717) is 18.9 Å². The van der Waals surface area contributed by atoms with Crippen LogP contribution in [0.2, 0.25) is 0 Å². The summed E-state index contributed by atoms with van der Waals surface area (Å²) in [6.07, 6.45) is 3.05. The largest absolute Gasteiger partial charge is 0.339 e. The molecule has 1 aliphatic heterocycles. The molecule has 84 valence electrons. The molecule has 0 amide bonds. The molecule has 0 spiro atoms. The summed E-state index contributed by atoms with van der Waals surface area (Å²) in [5.74, 6) is 1.92. The third kappa shape index (κ3) is 2.54. The lowest BCUT2D eigenvalue weighted by Crippen LogP contribution is -2.30. The number of hydrogen-bond acceptors (Lipinski definition) is 5. The van der Waals surface area contributed by atoms with Crippen molar-refractivity contribution in [3.8, 4) is 0 Å². The van der Waals surface area contributed by atoms with Crippen LogP contribution in [0.4, 0.5) is 0 Å². The van der Waals surface area contributed by atoms with Gasteiger partial charge in [0.25, 0.3) is 0 Å². The summed E-state index contributed by atoms with van der Waals surface area (Å²) in [6, 6.07) is 0. The van der Waals surface area contributed by atoms with Crippen molar-refractivity contribution in [1.82, 2.24) is 15.0 Å². The van der Waals surface area contributed by atoms with Crippen LogP contribution >= 0.6 is 0 Å². The van der Waals surface area contributed by atoms with Crippen molar-refractivity contribution in [2.24, 2.45) is 5.73 Å². The van der Waals surface area contributed by atoms with Crippen LogP contribution in [0, 0.1) is 0 Å². The average Bonchev–Trinajstić information content (AvgIpc) is 2.67. The molecule has 2 heterocycles. The normalized spacial score (nSPS) is 23.2. The molecule has 1 atom stereocenters. The van der Waals surface area contributed by atoms with Gasteiger partial charge in [0.2, 0.25) is 5.89 Å². The summed E-state index contributed by atoms with van der Waals surface area (Å²) in [5, 5.41) is 3.92. The number of likely N-dealkylation sites (tertiary alicyclic amines) is 1. The lowest BCUT2D eigenvalue weighted by Gasteiger charge is -2.27. The zero-order chi connectivity index (χ0) is 10.7. The number of piperidine rings is 1. The van der Waals surface area contributed by atoms with E-state index in [0.717, 1.165) is 24.7 Å². The smallest absolute Gasteiger partial charge is 0.231 e. The summed E-state index contributed by atoms with van der Waals surface area (Å²) in [7, 11) is 2.13. The average molecular weight is 210 g/mol. The van der Waals surface area contributed by atoms with Crippen molar-refractivity contribution in [3.63, 3.8) is 0 Å². The lowest BCUT2D eigenvalue weighted by atomic mass is 9.98. The summed E-state index contributed by atoms with van der Waals surface area (Å²) in [5.41, 5.74) is 5.44. The highest BCUT2D eigenvalue weighted by Gasteiger charge is 2.23. The summed E-state index contributed by atoms with van der Waals surface area (Å²) in [4.78, 5) is 6.68. The molecule has 1 aromatic heterocycles. The predicted molar refractivity (Wildman–Crippen MR) is 56.5 cm³/mol. The number of rotatable bonds is 3. The van der Waals surface area contributed by atoms with Gasteiger partial charge in [-0.15, -0.1) is 0 Å². The number of nitrogens with zero attached hydrogens (tertiary/aromatic N) is 3. The summed E-state index contributed by atoms with van der Waals surface area (Å²) < 4.78 is 5.26. The standard InChI is InChI=1S/C10H18N4O/c1-14-6-2-3-8(7-14)10-12-9(4-5-11)13-15-10/h8H,2-7,11H2,1H3. The molecule has 1 fully saturated rings. The summed E-state index contributed by atoms with van der Waals surface area (Å²) >= 11 is 0. The molecule has 0 bridgehead atoms. The lowest BCUT2D eigenvalue weighted by molar-refractivity contribution is 0.220. The Bertz CT molecular complexity index is 312. The Morgan fingerprint density at radius 2 is 2.47 bits per heavy atom. The van der Waals surface area contributed by atoms with Gasteiger partial charge in [-0.3, -0.25) is 0 Å². The first kappa shape index (κ1) is 10.6. The molecule has 15 heavy (non-hydrogen) atoms. The van der Waals surface area contributed by atoms with Gasteiger partial charge >= 0.3 is 0 Å². The molecule has 2 N–H and O–H groups in total. The second-order valence-corrected chi connectivity index (χ2v) is 4.19. The first-order chi connectivity index (χ1) is 7.29. The van der Waals surface area contributed by atoms with Crippen molar-refractivity contribution >= 4 is 0 Å². The fraction of sp³-hybridized carbons (Fsp3) is 0.800. The molecular formula is C10H18N4O. The maximum Gasteiger partial charge on any atom is 0.231 e. The first-order valence-corrected chi connectivity index (χ1v) is 5.50. The molecule has 1 unspecified atom stereocenters. The maximum atomic E-state index is 5.44. The topological polar surface area (TPSA) is 68.2 Å². The molecule has 2 rings (SSSR count). The highest BCUT2D eigenvalue weighted by atomic mass is 16.5. The highest BCUT2D eigenvalue weighted by molar-refractivity contribution is 4.97. The van der Waals surface area contributed by atoms with Crippen LogP contribution in [0.25, 0.3) is 0 Å². The Morgan fingerprint density at radius 3 is 3.20 bits per heavy atom. The van der Waals surface area contributed by atoms with Crippen LogP contribution in [0.5, 0.6) is 0 Å². The van der Waals surface area contributed by atoms with Gasteiger partial charge in [0.15, 0.2) is 5.82 Å². The van der Waals surface area contributed by atoms with Crippen LogP contribution in [-0.2, 0) is 6.42 Å². The van der Waals surface area contributed by atoms with E-state index in [9.17, 15) is 0 Å². The van der Waals surface area contributed by atoms with Crippen LogP contribution in [-0.4, -0.2) is 41.7 Å². The van der Waals surface area contributed by atoms with Gasteiger partial charge in [0.05, 0.1) is 5.92 Å². The fourth-order valence-corrected chi connectivity index (χ4v) is 2.03. The maximum absolute atomic E-state index is 5.44. The van der Waals surface area contributed by atoms with Crippen molar-refractivity contribution < 1.29 is 4.52 Å². The third-order valence-corrected chi connectivity index (χ3v) is 2.83. The Hall–Kier alpha value is -0.940. The quantitative estimate of drug-likeness (QED) is 0.781. The fourth-order valence-electron chi connectivity index (χ4n) is 2.03. The number of nitrogens with two attached hydrogens (primary N) is 1. The van der Waals surface area contributed by atoms with Gasteiger partial charge in [0.1, 0.15) is 0 Å². The number of hydrogen-bond donors (Lipinski definition) is 1. The van der Waals surface area contributed by atoms with Crippen molar-refractivity contribution in [1.29, 1.82) is 0 Å². The van der Waals surface area contributed by atoms with Crippen molar-refractivity contribution in [2.75, 3.05) is 26.7 Å². The van der Waals surface area contributed by atoms with Crippen LogP contribution in [0.15, 0.2) is 4.52 Å². The SMILES string of the molecule is CN1CCCC(c2nc(CCN)no2)C1. The van der Waals surface area contributed by atoms with E-state index in [1.165, 1.54) is 13.0 Å². The second-order valence-electron chi connectivity index (χ2n) is 4.19. The minimum atomic E-state index is 0.405. The molecule has 0 radical (unpaired) electrons. The van der Waals surface area contributed by atoms with Crippen LogP contribution in [0.3, 0.4) is 0 Å². The zero-order valence-corrected chi connectivity index (χ0v) is 9.15. The Kier molecular flexibility index (Phi) is 3.33. The molecule has 5 nitrogen and oxygen atoms in total. The van der Waals surface area contributed by atoms with Gasteiger partial charge in [-0.25, -0.2) is 0 Å². The van der Waals surface area contributed by atoms with E-state index in [1.807, 2.05) is 0 Å². The van der Waals surface area contributed by atoms with Gasteiger partial charge < -0.3 is 15.2 Å². The van der Waals surface area contributed by atoms with E-state index in [1.54, 1.807) is 0 Å². The molecule has 1 aromatic rings. The predicted octanol–water partition coefficient (Wildman–Crippen LogP) is 0.380. The van der Waals surface area contributed by atoms with Gasteiger partial charge in [-0.2, -0.15) is 4.98 Å². The first-order valence-electron chi connectivity index (χ1n) is 5.50. The third-order valence-electron chi connectivity index (χ3n) is 2.83. The van der Waals surface area contributed by atoms with Crippen molar-refractivity contribution in [2.45, 2.75) is 25.2 Å². The van der Waals surface area contributed by atoms with E-state index in [2.05, 4.69) is 22.1 Å².